The molecule has 0 radical (unpaired) electrons. The summed E-state index contributed by atoms with van der Waals surface area (Å²) in [4.78, 5) is 4.59. The molecule has 0 spiro atoms. The molecule has 3 aromatic carbocycles. The Morgan fingerprint density at radius 3 is 2.54 bits per heavy atom. The first-order valence-electron chi connectivity index (χ1n) is 9.26. The average molecular weight is 374 g/mol. The average Bonchev–Trinajstić information content (AvgIpc) is 2.69. The van der Waals surface area contributed by atoms with Crippen molar-refractivity contribution in [2.45, 2.75) is 13.8 Å². The van der Waals surface area contributed by atoms with Crippen molar-refractivity contribution in [2.24, 2.45) is 0 Å². The molecule has 0 aliphatic heterocycles. The second-order valence-electron chi connectivity index (χ2n) is 6.79. The molecule has 2 nitrogen and oxygen atoms in total. The molecular formula is C24H20F2N2. The quantitative estimate of drug-likeness (QED) is 0.436. The van der Waals surface area contributed by atoms with Crippen LogP contribution in [0.25, 0.3) is 33.3 Å². The molecule has 1 aromatic heterocycles. The highest BCUT2D eigenvalue weighted by Crippen LogP contribution is 2.30. The smallest absolute Gasteiger partial charge is 0.131 e. The van der Waals surface area contributed by atoms with Crippen LogP contribution in [-0.2, 0) is 0 Å². The number of hydrogen-bond acceptors (Lipinski definition) is 2. The number of aryl methyl sites for hydroxylation is 1. The molecule has 28 heavy (non-hydrogen) atoms. The van der Waals surface area contributed by atoms with Crippen molar-refractivity contribution in [1.29, 1.82) is 0 Å². The lowest BCUT2D eigenvalue weighted by molar-refractivity contribution is 0.629. The third kappa shape index (κ3) is 3.46. The van der Waals surface area contributed by atoms with Crippen LogP contribution in [0.2, 0.25) is 0 Å². The molecule has 4 aromatic rings. The van der Waals surface area contributed by atoms with Crippen LogP contribution in [-0.4, -0.2) is 11.5 Å². The molecule has 0 amide bonds. The van der Waals surface area contributed by atoms with Gasteiger partial charge in [-0.05, 0) is 67.4 Å². The van der Waals surface area contributed by atoms with Crippen molar-refractivity contribution in [3.8, 4) is 22.4 Å². The second kappa shape index (κ2) is 7.39. The van der Waals surface area contributed by atoms with E-state index in [0.717, 1.165) is 28.7 Å². The van der Waals surface area contributed by atoms with Gasteiger partial charge in [0.15, 0.2) is 0 Å². The van der Waals surface area contributed by atoms with Crippen LogP contribution in [0.3, 0.4) is 0 Å². The molecule has 0 fully saturated rings. The zero-order valence-electron chi connectivity index (χ0n) is 15.8. The fourth-order valence-corrected chi connectivity index (χ4v) is 3.42. The van der Waals surface area contributed by atoms with Gasteiger partial charge >= 0.3 is 0 Å². The van der Waals surface area contributed by atoms with Gasteiger partial charge < -0.3 is 5.32 Å². The number of aromatic nitrogens is 1. The Bertz CT molecular complexity index is 1170. The van der Waals surface area contributed by atoms with Gasteiger partial charge in [-0.15, -0.1) is 0 Å². The van der Waals surface area contributed by atoms with Crippen LogP contribution < -0.4 is 5.32 Å². The molecule has 1 N–H and O–H groups in total. The Morgan fingerprint density at radius 2 is 1.75 bits per heavy atom. The zero-order valence-corrected chi connectivity index (χ0v) is 15.8. The fraction of sp³-hybridized carbons (Fsp3) is 0.125. The molecule has 1 heterocycles. The van der Waals surface area contributed by atoms with Gasteiger partial charge in [0.05, 0.1) is 11.2 Å². The summed E-state index contributed by atoms with van der Waals surface area (Å²) in [5.41, 5.74) is 5.29. The van der Waals surface area contributed by atoms with Crippen molar-refractivity contribution in [2.75, 3.05) is 11.9 Å². The van der Waals surface area contributed by atoms with Crippen LogP contribution >= 0.6 is 0 Å². The summed E-state index contributed by atoms with van der Waals surface area (Å²) in [7, 11) is 0. The molecule has 4 heteroatoms. The zero-order chi connectivity index (χ0) is 19.7. The van der Waals surface area contributed by atoms with Crippen LogP contribution in [0.5, 0.6) is 0 Å². The first-order chi connectivity index (χ1) is 13.5. The standard InChI is InChI=1S/C24H20F2N2/c1-3-27-19-6-4-5-16(12-19)20-9-7-17(13-22(20)26)24-11-15(2)21-14-18(25)8-10-23(21)28-24/h4-14,27H,3H2,1-2H3. The number of nitrogens with zero attached hydrogens (tertiary/aromatic N) is 1. The fourth-order valence-electron chi connectivity index (χ4n) is 3.42. The highest BCUT2D eigenvalue weighted by molar-refractivity contribution is 5.85. The topological polar surface area (TPSA) is 24.9 Å². The van der Waals surface area contributed by atoms with Crippen LogP contribution in [0, 0.1) is 18.6 Å². The molecule has 140 valence electrons. The van der Waals surface area contributed by atoms with Crippen LogP contribution in [0.4, 0.5) is 14.5 Å². The highest BCUT2D eigenvalue weighted by Gasteiger charge is 2.11. The molecule has 0 atom stereocenters. The van der Waals surface area contributed by atoms with Gasteiger partial charge in [-0.25, -0.2) is 13.8 Å². The summed E-state index contributed by atoms with van der Waals surface area (Å²) < 4.78 is 28.4. The van der Waals surface area contributed by atoms with E-state index in [1.54, 1.807) is 12.1 Å². The first-order valence-corrected chi connectivity index (χ1v) is 9.26. The second-order valence-corrected chi connectivity index (χ2v) is 6.79. The molecule has 0 unspecified atom stereocenters. The van der Waals surface area contributed by atoms with Gasteiger partial charge in [-0.1, -0.05) is 24.3 Å². The van der Waals surface area contributed by atoms with E-state index in [-0.39, 0.29) is 11.6 Å². The first kappa shape index (κ1) is 18.1. The van der Waals surface area contributed by atoms with Gasteiger partial charge in [-0.2, -0.15) is 0 Å². The number of nitrogens with one attached hydrogen (secondary N) is 1. The summed E-state index contributed by atoms with van der Waals surface area (Å²) in [6.07, 6.45) is 0. The van der Waals surface area contributed by atoms with Crippen molar-refractivity contribution in [3.63, 3.8) is 0 Å². The Kier molecular flexibility index (Phi) is 4.78. The Morgan fingerprint density at radius 1 is 0.893 bits per heavy atom. The summed E-state index contributed by atoms with van der Waals surface area (Å²) in [6.45, 7) is 4.74. The molecule has 0 bridgehead atoms. The minimum Gasteiger partial charge on any atom is -0.385 e. The molecule has 0 saturated heterocycles. The van der Waals surface area contributed by atoms with Gasteiger partial charge in [0.1, 0.15) is 11.6 Å². The molecule has 4 rings (SSSR count). The van der Waals surface area contributed by atoms with E-state index in [1.165, 1.54) is 18.2 Å². The molecular weight excluding hydrogens is 354 g/mol. The minimum absolute atomic E-state index is 0.291. The Hall–Kier alpha value is -3.27. The maximum atomic E-state index is 14.9. The van der Waals surface area contributed by atoms with E-state index in [2.05, 4.69) is 10.3 Å². The lowest BCUT2D eigenvalue weighted by Gasteiger charge is -2.10. The van der Waals surface area contributed by atoms with Gasteiger partial charge in [0.2, 0.25) is 0 Å². The monoisotopic (exact) mass is 374 g/mol. The van der Waals surface area contributed by atoms with Crippen molar-refractivity contribution in [1.82, 2.24) is 4.98 Å². The van der Waals surface area contributed by atoms with Crippen molar-refractivity contribution < 1.29 is 8.78 Å². The minimum atomic E-state index is -0.301. The van der Waals surface area contributed by atoms with Crippen LogP contribution in [0.15, 0.2) is 66.7 Å². The van der Waals surface area contributed by atoms with E-state index in [4.69, 9.17) is 0 Å². The number of hydrogen-bond donors (Lipinski definition) is 1. The van der Waals surface area contributed by atoms with Gasteiger partial charge in [-0.3, -0.25) is 0 Å². The summed E-state index contributed by atoms with van der Waals surface area (Å²) in [6, 6.07) is 19.2. The maximum Gasteiger partial charge on any atom is 0.131 e. The van der Waals surface area contributed by atoms with E-state index in [1.807, 2.05) is 50.2 Å². The van der Waals surface area contributed by atoms with Crippen molar-refractivity contribution >= 4 is 16.6 Å². The number of rotatable bonds is 4. The Labute approximate surface area is 162 Å². The van der Waals surface area contributed by atoms with E-state index >= 15 is 0 Å². The predicted molar refractivity (Wildman–Crippen MR) is 111 cm³/mol. The van der Waals surface area contributed by atoms with Crippen LogP contribution in [0.1, 0.15) is 12.5 Å². The summed E-state index contributed by atoms with van der Waals surface area (Å²) in [5.74, 6) is -0.592. The maximum absolute atomic E-state index is 14.9. The molecule has 0 saturated carbocycles. The van der Waals surface area contributed by atoms with E-state index in [0.29, 0.717) is 22.3 Å². The van der Waals surface area contributed by atoms with E-state index in [9.17, 15) is 8.78 Å². The number of pyridine rings is 1. The summed E-state index contributed by atoms with van der Waals surface area (Å²) >= 11 is 0. The predicted octanol–water partition coefficient (Wildman–Crippen LogP) is 6.59. The summed E-state index contributed by atoms with van der Waals surface area (Å²) in [5, 5.41) is 4.01. The largest absolute Gasteiger partial charge is 0.385 e. The lowest BCUT2D eigenvalue weighted by atomic mass is 10.00. The SMILES string of the molecule is CCNc1cccc(-c2ccc(-c3cc(C)c4cc(F)ccc4n3)cc2F)c1. The van der Waals surface area contributed by atoms with Gasteiger partial charge in [0.25, 0.3) is 0 Å². The number of benzene rings is 3. The number of anilines is 1. The lowest BCUT2D eigenvalue weighted by Crippen LogP contribution is -1.96. The third-order valence-corrected chi connectivity index (χ3v) is 4.80. The molecule has 0 aliphatic rings. The third-order valence-electron chi connectivity index (χ3n) is 4.80. The highest BCUT2D eigenvalue weighted by atomic mass is 19.1. The normalized spacial score (nSPS) is 11.0. The number of fused-ring (bicyclic) bond motifs is 1. The van der Waals surface area contributed by atoms with E-state index < -0.39 is 0 Å². The van der Waals surface area contributed by atoms with Gasteiger partial charge in [0, 0.05) is 28.7 Å². The number of halogens is 2. The van der Waals surface area contributed by atoms with Crippen molar-refractivity contribution in [3.05, 3.63) is 83.9 Å². The Balaban J connectivity index is 1.75. The molecule has 0 aliphatic carbocycles.